The molecule has 0 saturated carbocycles. The van der Waals surface area contributed by atoms with E-state index < -0.39 is 14.8 Å². The van der Waals surface area contributed by atoms with Crippen molar-refractivity contribution in [3.8, 4) is 0 Å². The second-order valence-corrected chi connectivity index (χ2v) is 5.54. The Kier molecular flexibility index (Phi) is 3.35. The summed E-state index contributed by atoms with van der Waals surface area (Å²) in [5, 5.41) is 0. The average Bonchev–Trinajstić information content (AvgIpc) is 2.05. The van der Waals surface area contributed by atoms with Crippen LogP contribution in [0.4, 0.5) is 4.39 Å². The van der Waals surface area contributed by atoms with E-state index in [4.69, 9.17) is 4.43 Å². The van der Waals surface area contributed by atoms with E-state index in [1.54, 1.807) is 0 Å². The van der Waals surface area contributed by atoms with Crippen LogP contribution in [0, 0.1) is 0 Å². The van der Waals surface area contributed by atoms with Gasteiger partial charge in [0.1, 0.15) is 5.79 Å². The van der Waals surface area contributed by atoms with Crippen molar-refractivity contribution in [1.82, 2.24) is 0 Å². The maximum absolute atomic E-state index is 13.0. The first kappa shape index (κ1) is 8.21. The summed E-state index contributed by atoms with van der Waals surface area (Å²) in [6.45, 7) is 2.72. The Labute approximate surface area is 63.3 Å². The number of hydrogen-bond acceptors (Lipinski definition) is 1. The Balaban J connectivity index is 2.24. The van der Waals surface area contributed by atoms with Gasteiger partial charge in [0.2, 0.25) is 9.04 Å². The Bertz CT molecular complexity index is 93.6. The first-order chi connectivity index (χ1) is 4.84. The summed E-state index contributed by atoms with van der Waals surface area (Å²) in [5.74, 6) is -0.597. The highest BCUT2D eigenvalue weighted by molar-refractivity contribution is 6.53. The molecule has 1 heterocycles. The van der Waals surface area contributed by atoms with Gasteiger partial charge in [0.15, 0.2) is 0 Å². The molecule has 2 unspecified atom stereocenters. The molecule has 0 bridgehead atoms. The molecule has 1 rings (SSSR count). The molecule has 3 heteroatoms. The zero-order valence-corrected chi connectivity index (χ0v) is 7.63. The normalized spacial score (nSPS) is 30.0. The fourth-order valence-electron chi connectivity index (χ4n) is 1.31. The van der Waals surface area contributed by atoms with Crippen LogP contribution in [0.1, 0.15) is 26.2 Å². The van der Waals surface area contributed by atoms with Crippen LogP contribution < -0.4 is 0 Å². The van der Waals surface area contributed by atoms with E-state index in [2.05, 4.69) is 0 Å². The molecule has 0 aromatic carbocycles. The van der Waals surface area contributed by atoms with E-state index in [9.17, 15) is 4.39 Å². The van der Waals surface area contributed by atoms with Gasteiger partial charge >= 0.3 is 0 Å². The summed E-state index contributed by atoms with van der Waals surface area (Å²) in [6.07, 6.45) is 2.98. The second-order valence-electron chi connectivity index (χ2n) is 2.83. The molecule has 0 spiro atoms. The first-order valence-electron chi connectivity index (χ1n) is 4.10. The fourth-order valence-corrected chi connectivity index (χ4v) is 3.74. The SMILES string of the molecule is CCC(F)[SiH]1CCCCO1. The molecular weight excluding hydrogens is 147 g/mol. The highest BCUT2D eigenvalue weighted by Gasteiger charge is 2.24. The standard InChI is InChI=1S/C7H15FOSi/c1-2-7(8)10-6-4-3-5-9-10/h7,10H,2-6H2,1H3. The zero-order chi connectivity index (χ0) is 7.40. The van der Waals surface area contributed by atoms with Crippen molar-refractivity contribution in [1.29, 1.82) is 0 Å². The van der Waals surface area contributed by atoms with E-state index in [0.717, 1.165) is 19.1 Å². The summed E-state index contributed by atoms with van der Waals surface area (Å²) in [7, 11) is -1.39. The van der Waals surface area contributed by atoms with E-state index >= 15 is 0 Å². The van der Waals surface area contributed by atoms with Crippen LogP contribution in [-0.4, -0.2) is 21.4 Å². The molecular formula is C7H15FOSi. The van der Waals surface area contributed by atoms with Gasteiger partial charge in [-0.15, -0.1) is 0 Å². The first-order valence-corrected chi connectivity index (χ1v) is 6.05. The van der Waals surface area contributed by atoms with Crippen molar-refractivity contribution < 1.29 is 8.82 Å². The summed E-state index contributed by atoms with van der Waals surface area (Å²) in [6, 6.07) is 1.05. The molecule has 1 aliphatic rings. The molecule has 1 aliphatic heterocycles. The van der Waals surface area contributed by atoms with Gasteiger partial charge in [-0.05, 0) is 18.9 Å². The minimum Gasteiger partial charge on any atom is -0.417 e. The van der Waals surface area contributed by atoms with Crippen LogP contribution in [-0.2, 0) is 4.43 Å². The smallest absolute Gasteiger partial charge is 0.211 e. The monoisotopic (exact) mass is 162 g/mol. The minimum absolute atomic E-state index is 0.597. The van der Waals surface area contributed by atoms with Crippen LogP contribution >= 0.6 is 0 Å². The van der Waals surface area contributed by atoms with Crippen LogP contribution in [0.2, 0.25) is 6.04 Å². The van der Waals surface area contributed by atoms with Crippen molar-refractivity contribution in [3.05, 3.63) is 0 Å². The lowest BCUT2D eigenvalue weighted by Crippen LogP contribution is -2.33. The summed E-state index contributed by atoms with van der Waals surface area (Å²) in [5.41, 5.74) is 0. The molecule has 0 aromatic heterocycles. The number of alkyl halides is 1. The third-order valence-corrected chi connectivity index (χ3v) is 4.93. The Morgan fingerprint density at radius 2 is 2.40 bits per heavy atom. The summed E-state index contributed by atoms with van der Waals surface area (Å²) in [4.78, 5) is 0. The molecule has 1 fully saturated rings. The van der Waals surface area contributed by atoms with Gasteiger partial charge < -0.3 is 4.43 Å². The van der Waals surface area contributed by atoms with Crippen molar-refractivity contribution in [2.24, 2.45) is 0 Å². The molecule has 0 aromatic rings. The van der Waals surface area contributed by atoms with Crippen molar-refractivity contribution in [3.63, 3.8) is 0 Å². The quantitative estimate of drug-likeness (QED) is 0.563. The van der Waals surface area contributed by atoms with E-state index in [1.165, 1.54) is 6.42 Å². The molecule has 0 amide bonds. The topological polar surface area (TPSA) is 9.23 Å². The lowest BCUT2D eigenvalue weighted by atomic mass is 10.4. The van der Waals surface area contributed by atoms with Gasteiger partial charge in [-0.3, -0.25) is 0 Å². The molecule has 1 nitrogen and oxygen atoms in total. The molecule has 60 valence electrons. The number of rotatable bonds is 2. The van der Waals surface area contributed by atoms with Crippen LogP contribution in [0.15, 0.2) is 0 Å². The second kappa shape index (κ2) is 4.08. The van der Waals surface area contributed by atoms with E-state index in [0.29, 0.717) is 6.42 Å². The molecule has 0 N–H and O–H groups in total. The Morgan fingerprint density at radius 1 is 1.60 bits per heavy atom. The van der Waals surface area contributed by atoms with Gasteiger partial charge in [-0.1, -0.05) is 13.3 Å². The lowest BCUT2D eigenvalue weighted by Gasteiger charge is -2.23. The number of halogens is 1. The third kappa shape index (κ3) is 2.06. The van der Waals surface area contributed by atoms with Crippen molar-refractivity contribution in [2.45, 2.75) is 38.0 Å². The van der Waals surface area contributed by atoms with E-state index in [1.807, 2.05) is 6.92 Å². The molecule has 1 saturated heterocycles. The molecule has 10 heavy (non-hydrogen) atoms. The van der Waals surface area contributed by atoms with Gasteiger partial charge in [0.05, 0.1) is 0 Å². The molecule has 0 aliphatic carbocycles. The maximum atomic E-state index is 13.0. The third-order valence-electron chi connectivity index (χ3n) is 2.01. The maximum Gasteiger partial charge on any atom is 0.211 e. The largest absolute Gasteiger partial charge is 0.417 e. The average molecular weight is 162 g/mol. The van der Waals surface area contributed by atoms with Crippen molar-refractivity contribution >= 4 is 9.04 Å². The molecule has 2 atom stereocenters. The van der Waals surface area contributed by atoms with Gasteiger partial charge in [-0.25, -0.2) is 4.39 Å². The lowest BCUT2D eigenvalue weighted by molar-refractivity contribution is 0.252. The van der Waals surface area contributed by atoms with Crippen LogP contribution in [0.3, 0.4) is 0 Å². The highest BCUT2D eigenvalue weighted by atomic mass is 28.3. The predicted octanol–water partition coefficient (Wildman–Crippen LogP) is 1.81. The van der Waals surface area contributed by atoms with Crippen LogP contribution in [0.25, 0.3) is 0 Å². The predicted molar refractivity (Wildman–Crippen MR) is 42.3 cm³/mol. The van der Waals surface area contributed by atoms with Gasteiger partial charge in [0.25, 0.3) is 0 Å². The van der Waals surface area contributed by atoms with Gasteiger partial charge in [-0.2, -0.15) is 0 Å². The van der Waals surface area contributed by atoms with Crippen LogP contribution in [0.5, 0.6) is 0 Å². The summed E-state index contributed by atoms with van der Waals surface area (Å²) < 4.78 is 18.3. The fraction of sp³-hybridized carbons (Fsp3) is 1.00. The summed E-state index contributed by atoms with van der Waals surface area (Å²) >= 11 is 0. The Morgan fingerprint density at radius 3 is 2.90 bits per heavy atom. The zero-order valence-electron chi connectivity index (χ0n) is 6.48. The number of hydrogen-bond donors (Lipinski definition) is 0. The minimum atomic E-state index is -1.39. The Hall–Kier alpha value is 0.107. The van der Waals surface area contributed by atoms with Gasteiger partial charge in [0, 0.05) is 6.61 Å². The van der Waals surface area contributed by atoms with Crippen molar-refractivity contribution in [2.75, 3.05) is 6.61 Å². The molecule has 0 radical (unpaired) electrons. The van der Waals surface area contributed by atoms with E-state index in [-0.39, 0.29) is 0 Å². The highest BCUT2D eigenvalue weighted by Crippen LogP contribution is 2.16.